The largest absolute Gasteiger partial charge is 0.457 e. The lowest BCUT2D eigenvalue weighted by Crippen LogP contribution is -2.49. The van der Waals surface area contributed by atoms with Crippen molar-refractivity contribution in [2.75, 3.05) is 0 Å². The lowest BCUT2D eigenvalue weighted by molar-refractivity contribution is -0.124. The van der Waals surface area contributed by atoms with Crippen LogP contribution in [0, 0.1) is 5.92 Å². The van der Waals surface area contributed by atoms with Crippen molar-refractivity contribution in [3.8, 4) is 11.5 Å². The van der Waals surface area contributed by atoms with Gasteiger partial charge < -0.3 is 10.1 Å². The second-order valence-corrected chi connectivity index (χ2v) is 7.42. The molecule has 0 bridgehead atoms. The molecule has 0 saturated carbocycles. The van der Waals surface area contributed by atoms with Crippen LogP contribution >= 0.6 is 0 Å². The van der Waals surface area contributed by atoms with Crippen molar-refractivity contribution in [1.29, 1.82) is 0 Å². The molecular weight excluding hydrogens is 402 g/mol. The molecule has 6 heteroatoms. The van der Waals surface area contributed by atoms with E-state index in [1.807, 2.05) is 74.5 Å². The van der Waals surface area contributed by atoms with Gasteiger partial charge in [0.25, 0.3) is 11.8 Å². The van der Waals surface area contributed by atoms with E-state index in [4.69, 9.17) is 4.74 Å². The molecule has 0 heterocycles. The van der Waals surface area contributed by atoms with Crippen molar-refractivity contribution in [2.24, 2.45) is 11.0 Å². The topological polar surface area (TPSA) is 79.8 Å². The van der Waals surface area contributed by atoms with E-state index in [1.54, 1.807) is 30.5 Å². The van der Waals surface area contributed by atoms with E-state index in [0.29, 0.717) is 11.3 Å². The number of nitrogens with one attached hydrogen (secondary N) is 2. The number of hydrazone groups is 1. The summed E-state index contributed by atoms with van der Waals surface area (Å²) in [5.41, 5.74) is 3.82. The maximum absolute atomic E-state index is 12.7. The fourth-order valence-corrected chi connectivity index (χ4v) is 3.04. The van der Waals surface area contributed by atoms with Gasteiger partial charge in [0, 0.05) is 5.56 Å². The van der Waals surface area contributed by atoms with Gasteiger partial charge in [-0.3, -0.25) is 9.59 Å². The van der Waals surface area contributed by atoms with Gasteiger partial charge in [0.2, 0.25) is 0 Å². The second-order valence-electron chi connectivity index (χ2n) is 7.42. The first-order valence-corrected chi connectivity index (χ1v) is 10.6. The molecule has 0 saturated heterocycles. The first-order chi connectivity index (χ1) is 15.6. The third-order valence-corrected chi connectivity index (χ3v) is 5.04. The Morgan fingerprint density at radius 3 is 2.28 bits per heavy atom. The van der Waals surface area contributed by atoms with Gasteiger partial charge in [0.05, 0.1) is 6.21 Å². The van der Waals surface area contributed by atoms with Gasteiger partial charge in [-0.25, -0.2) is 5.43 Å². The van der Waals surface area contributed by atoms with E-state index in [0.717, 1.165) is 17.7 Å². The Bertz CT molecular complexity index is 1050. The number of ether oxygens (including phenoxy) is 1. The third-order valence-electron chi connectivity index (χ3n) is 5.04. The highest BCUT2D eigenvalue weighted by Crippen LogP contribution is 2.21. The average Bonchev–Trinajstić information content (AvgIpc) is 2.83. The van der Waals surface area contributed by atoms with Crippen LogP contribution in [0.3, 0.4) is 0 Å². The predicted molar refractivity (Wildman–Crippen MR) is 126 cm³/mol. The number of carbonyl (C=O) groups is 2. The molecule has 2 N–H and O–H groups in total. The third kappa shape index (κ3) is 6.54. The summed E-state index contributed by atoms with van der Waals surface area (Å²) in [4.78, 5) is 25.3. The standard InChI is InChI=1S/C26H27N3O3/c1-3-19(2)24(28-25(30)21-12-6-4-7-13-21)26(31)29-27-18-20-11-10-16-23(17-20)32-22-14-8-5-9-15-22/h4-19,24H,3H2,1-2H3,(H,28,30)(H,29,31)/t19-,24-/m0/s1. The number of hydrogen-bond acceptors (Lipinski definition) is 4. The van der Waals surface area contributed by atoms with Crippen molar-refractivity contribution in [3.63, 3.8) is 0 Å². The summed E-state index contributed by atoms with van der Waals surface area (Å²) in [6.07, 6.45) is 2.28. The summed E-state index contributed by atoms with van der Waals surface area (Å²) in [7, 11) is 0. The molecule has 3 aromatic rings. The molecule has 0 fully saturated rings. The van der Waals surface area contributed by atoms with Gasteiger partial charge >= 0.3 is 0 Å². The molecule has 32 heavy (non-hydrogen) atoms. The Kier molecular flexibility index (Phi) is 8.15. The van der Waals surface area contributed by atoms with Gasteiger partial charge in [-0.2, -0.15) is 5.10 Å². The normalized spacial score (nSPS) is 12.7. The lowest BCUT2D eigenvalue weighted by Gasteiger charge is -2.22. The minimum absolute atomic E-state index is 0.0551. The molecule has 0 unspecified atom stereocenters. The van der Waals surface area contributed by atoms with Crippen LogP contribution in [0.4, 0.5) is 0 Å². The summed E-state index contributed by atoms with van der Waals surface area (Å²) in [6, 6.07) is 25.0. The van der Waals surface area contributed by atoms with Crippen LogP contribution in [-0.4, -0.2) is 24.1 Å². The van der Waals surface area contributed by atoms with Crippen molar-refractivity contribution in [2.45, 2.75) is 26.3 Å². The number of benzene rings is 3. The smallest absolute Gasteiger partial charge is 0.262 e. The molecule has 2 amide bonds. The van der Waals surface area contributed by atoms with Crippen molar-refractivity contribution in [1.82, 2.24) is 10.7 Å². The number of hydrogen-bond donors (Lipinski definition) is 2. The van der Waals surface area contributed by atoms with E-state index in [9.17, 15) is 9.59 Å². The Balaban J connectivity index is 1.63. The molecule has 0 aliphatic heterocycles. The van der Waals surface area contributed by atoms with Crippen LogP contribution < -0.4 is 15.5 Å². The number of nitrogens with zero attached hydrogens (tertiary/aromatic N) is 1. The van der Waals surface area contributed by atoms with Gasteiger partial charge in [-0.15, -0.1) is 0 Å². The first kappa shape index (κ1) is 22.7. The molecule has 3 aromatic carbocycles. The second kappa shape index (κ2) is 11.5. The molecule has 6 nitrogen and oxygen atoms in total. The van der Waals surface area contributed by atoms with Gasteiger partial charge in [-0.05, 0) is 47.9 Å². The molecule has 164 valence electrons. The van der Waals surface area contributed by atoms with E-state index in [2.05, 4.69) is 15.8 Å². The summed E-state index contributed by atoms with van der Waals surface area (Å²) in [6.45, 7) is 3.89. The molecule has 2 atom stereocenters. The molecule has 0 spiro atoms. The zero-order chi connectivity index (χ0) is 22.8. The highest BCUT2D eigenvalue weighted by Gasteiger charge is 2.26. The zero-order valence-electron chi connectivity index (χ0n) is 18.2. The molecule has 3 rings (SSSR count). The van der Waals surface area contributed by atoms with Gasteiger partial charge in [0.15, 0.2) is 0 Å². The van der Waals surface area contributed by atoms with Crippen molar-refractivity contribution in [3.05, 3.63) is 96.1 Å². The minimum Gasteiger partial charge on any atom is -0.457 e. The highest BCUT2D eigenvalue weighted by atomic mass is 16.5. The fraction of sp³-hybridized carbons (Fsp3) is 0.192. The Morgan fingerprint density at radius 1 is 0.938 bits per heavy atom. The summed E-state index contributed by atoms with van der Waals surface area (Å²) in [5, 5.41) is 6.90. The van der Waals surface area contributed by atoms with E-state index >= 15 is 0 Å². The first-order valence-electron chi connectivity index (χ1n) is 10.6. The van der Waals surface area contributed by atoms with E-state index in [1.165, 1.54) is 0 Å². The zero-order valence-corrected chi connectivity index (χ0v) is 18.2. The summed E-state index contributed by atoms with van der Waals surface area (Å²) >= 11 is 0. The molecular formula is C26H27N3O3. The molecule has 0 aliphatic carbocycles. The Morgan fingerprint density at radius 2 is 1.59 bits per heavy atom. The predicted octanol–water partition coefficient (Wildman–Crippen LogP) is 4.77. The van der Waals surface area contributed by atoms with Crippen LogP contribution in [0.2, 0.25) is 0 Å². The van der Waals surface area contributed by atoms with Crippen LogP contribution in [0.1, 0.15) is 36.2 Å². The quantitative estimate of drug-likeness (QED) is 0.380. The SMILES string of the molecule is CC[C@H](C)[C@H](NC(=O)c1ccccc1)C(=O)NN=Cc1cccc(Oc2ccccc2)c1. The highest BCUT2D eigenvalue weighted by molar-refractivity contribution is 5.97. The van der Waals surface area contributed by atoms with Crippen LogP contribution in [0.25, 0.3) is 0 Å². The fourth-order valence-electron chi connectivity index (χ4n) is 3.04. The monoisotopic (exact) mass is 429 g/mol. The Hall–Kier alpha value is -3.93. The maximum Gasteiger partial charge on any atom is 0.262 e. The van der Waals surface area contributed by atoms with Crippen molar-refractivity contribution < 1.29 is 14.3 Å². The maximum atomic E-state index is 12.7. The molecule has 0 aromatic heterocycles. The number of carbonyl (C=O) groups excluding carboxylic acids is 2. The van der Waals surface area contributed by atoms with Crippen LogP contribution in [-0.2, 0) is 4.79 Å². The summed E-state index contributed by atoms with van der Waals surface area (Å²) < 4.78 is 5.82. The molecule has 0 radical (unpaired) electrons. The molecule has 0 aliphatic rings. The van der Waals surface area contributed by atoms with E-state index in [-0.39, 0.29) is 17.7 Å². The lowest BCUT2D eigenvalue weighted by atomic mass is 9.98. The van der Waals surface area contributed by atoms with Gasteiger partial charge in [-0.1, -0.05) is 68.8 Å². The van der Waals surface area contributed by atoms with Gasteiger partial charge in [0.1, 0.15) is 17.5 Å². The number of para-hydroxylation sites is 1. The summed E-state index contributed by atoms with van der Waals surface area (Å²) in [5.74, 6) is 0.692. The van der Waals surface area contributed by atoms with E-state index < -0.39 is 6.04 Å². The van der Waals surface area contributed by atoms with Crippen molar-refractivity contribution >= 4 is 18.0 Å². The van der Waals surface area contributed by atoms with Crippen LogP contribution in [0.5, 0.6) is 11.5 Å². The number of amides is 2. The number of rotatable bonds is 9. The Labute approximate surface area is 188 Å². The average molecular weight is 430 g/mol. The minimum atomic E-state index is -0.697. The van der Waals surface area contributed by atoms with Crippen LogP contribution in [0.15, 0.2) is 90.0 Å².